The summed E-state index contributed by atoms with van der Waals surface area (Å²) in [4.78, 5) is 4.43. The highest BCUT2D eigenvalue weighted by Gasteiger charge is 2.23. The number of rotatable bonds is 5. The minimum atomic E-state index is 0.221. The van der Waals surface area contributed by atoms with Crippen molar-refractivity contribution in [3.8, 4) is 5.75 Å². The molecule has 1 N–H and O–H groups in total. The van der Waals surface area contributed by atoms with E-state index < -0.39 is 0 Å². The van der Waals surface area contributed by atoms with E-state index in [1.807, 2.05) is 13.4 Å². The van der Waals surface area contributed by atoms with E-state index in [1.165, 1.54) is 11.1 Å². The van der Waals surface area contributed by atoms with Gasteiger partial charge >= 0.3 is 0 Å². The minimum absolute atomic E-state index is 0.221. The van der Waals surface area contributed by atoms with E-state index in [4.69, 9.17) is 4.74 Å². The van der Waals surface area contributed by atoms with Crippen LogP contribution in [-0.4, -0.2) is 29.2 Å². The van der Waals surface area contributed by atoms with Crippen LogP contribution in [0.25, 0.3) is 0 Å². The van der Waals surface area contributed by atoms with Crippen LogP contribution < -0.4 is 10.1 Å². The summed E-state index contributed by atoms with van der Waals surface area (Å²) in [6.07, 6.45) is 6.20. The number of hydrogen-bond acceptors (Lipinski definition) is 3. The Kier molecular flexibility index (Phi) is 3.74. The third-order valence-corrected chi connectivity index (χ3v) is 3.69. The van der Waals surface area contributed by atoms with Crippen LogP contribution in [0.15, 0.2) is 30.7 Å². The summed E-state index contributed by atoms with van der Waals surface area (Å²) in [5, 5.41) is 3.14. The molecule has 1 aliphatic heterocycles. The zero-order valence-electron chi connectivity index (χ0n) is 12.1. The van der Waals surface area contributed by atoms with Gasteiger partial charge in [0.2, 0.25) is 0 Å². The summed E-state index contributed by atoms with van der Waals surface area (Å²) in [5.41, 5.74) is 3.75. The molecule has 0 aliphatic carbocycles. The normalized spacial score (nSPS) is 17.0. The number of aryl methyl sites for hydroxylation is 1. The largest absolute Gasteiger partial charge is 0.488 e. The molecule has 1 aromatic heterocycles. The number of likely N-dealkylation sites (N-methyl/N-ethyl adjacent to an activating group) is 1. The number of nitrogens with zero attached hydrogens (tertiary/aromatic N) is 2. The highest BCUT2D eigenvalue weighted by atomic mass is 16.5. The van der Waals surface area contributed by atoms with Gasteiger partial charge in [-0.15, -0.1) is 0 Å². The predicted octanol–water partition coefficient (Wildman–Crippen LogP) is 1.96. The first-order valence-corrected chi connectivity index (χ1v) is 7.16. The fourth-order valence-corrected chi connectivity index (χ4v) is 2.67. The van der Waals surface area contributed by atoms with Gasteiger partial charge < -0.3 is 14.6 Å². The summed E-state index contributed by atoms with van der Waals surface area (Å²) < 4.78 is 8.13. The summed E-state index contributed by atoms with van der Waals surface area (Å²) in [5.74, 6) is 1.04. The minimum Gasteiger partial charge on any atom is -0.488 e. The highest BCUT2D eigenvalue weighted by Crippen LogP contribution is 2.30. The third kappa shape index (κ3) is 2.85. The molecule has 1 aromatic carbocycles. The second kappa shape index (κ2) is 5.67. The summed E-state index contributed by atoms with van der Waals surface area (Å²) >= 11 is 0. The first-order valence-electron chi connectivity index (χ1n) is 7.16. The Balaban J connectivity index is 1.61. The molecule has 0 fully saturated rings. The molecule has 4 heteroatoms. The van der Waals surface area contributed by atoms with Crippen molar-refractivity contribution >= 4 is 0 Å². The first-order chi connectivity index (χ1) is 9.74. The van der Waals surface area contributed by atoms with Gasteiger partial charge in [0.1, 0.15) is 11.9 Å². The van der Waals surface area contributed by atoms with Gasteiger partial charge in [-0.2, -0.15) is 0 Å². The van der Waals surface area contributed by atoms with Crippen LogP contribution in [0.5, 0.6) is 5.75 Å². The monoisotopic (exact) mass is 271 g/mol. The fourth-order valence-electron chi connectivity index (χ4n) is 2.67. The molecular weight excluding hydrogens is 250 g/mol. The number of benzene rings is 1. The quantitative estimate of drug-likeness (QED) is 0.903. The zero-order chi connectivity index (χ0) is 13.9. The Bertz CT molecular complexity index is 591. The van der Waals surface area contributed by atoms with E-state index in [2.05, 4.69) is 46.2 Å². The van der Waals surface area contributed by atoms with Crippen molar-refractivity contribution < 1.29 is 4.74 Å². The molecule has 0 spiro atoms. The number of nitrogens with one attached hydrogen (secondary N) is 1. The number of aromatic nitrogens is 2. The van der Waals surface area contributed by atoms with E-state index in [1.54, 1.807) is 0 Å². The van der Waals surface area contributed by atoms with Gasteiger partial charge in [0.15, 0.2) is 0 Å². The molecule has 2 heterocycles. The number of fused-ring (bicyclic) bond motifs is 1. The lowest BCUT2D eigenvalue weighted by Crippen LogP contribution is -2.19. The smallest absolute Gasteiger partial charge is 0.123 e. The van der Waals surface area contributed by atoms with Crippen molar-refractivity contribution in [2.24, 2.45) is 0 Å². The SMILES string of the molecule is CNCCc1cn(CC2Cc3cc(C)ccc3O2)cn1. The molecule has 0 saturated carbocycles. The predicted molar refractivity (Wildman–Crippen MR) is 79.2 cm³/mol. The van der Waals surface area contributed by atoms with E-state index in [9.17, 15) is 0 Å². The van der Waals surface area contributed by atoms with Crippen LogP contribution in [0.2, 0.25) is 0 Å². The lowest BCUT2D eigenvalue weighted by molar-refractivity contribution is 0.209. The number of imidazole rings is 1. The van der Waals surface area contributed by atoms with Gasteiger partial charge in [0, 0.05) is 25.6 Å². The molecule has 1 aliphatic rings. The van der Waals surface area contributed by atoms with Crippen molar-refractivity contribution in [3.05, 3.63) is 47.5 Å². The van der Waals surface area contributed by atoms with Crippen molar-refractivity contribution in [1.29, 1.82) is 0 Å². The Morgan fingerprint density at radius 1 is 1.45 bits per heavy atom. The van der Waals surface area contributed by atoms with Crippen LogP contribution in [0, 0.1) is 6.92 Å². The molecule has 4 nitrogen and oxygen atoms in total. The maximum absolute atomic E-state index is 6.00. The Labute approximate surface area is 119 Å². The zero-order valence-corrected chi connectivity index (χ0v) is 12.1. The maximum atomic E-state index is 6.00. The second-order valence-corrected chi connectivity index (χ2v) is 5.47. The Morgan fingerprint density at radius 3 is 3.20 bits per heavy atom. The second-order valence-electron chi connectivity index (χ2n) is 5.47. The highest BCUT2D eigenvalue weighted by molar-refractivity contribution is 5.40. The molecule has 106 valence electrons. The summed E-state index contributed by atoms with van der Waals surface area (Å²) in [6, 6.07) is 6.41. The van der Waals surface area contributed by atoms with Gasteiger partial charge in [0.25, 0.3) is 0 Å². The molecular formula is C16H21N3O. The lowest BCUT2D eigenvalue weighted by Gasteiger charge is -2.10. The summed E-state index contributed by atoms with van der Waals surface area (Å²) in [7, 11) is 1.96. The van der Waals surface area contributed by atoms with Gasteiger partial charge in [-0.1, -0.05) is 17.7 Å². The van der Waals surface area contributed by atoms with Gasteiger partial charge in [0.05, 0.1) is 18.6 Å². The summed E-state index contributed by atoms with van der Waals surface area (Å²) in [6.45, 7) is 3.94. The van der Waals surface area contributed by atoms with Crippen LogP contribution in [0.4, 0.5) is 0 Å². The Morgan fingerprint density at radius 2 is 2.35 bits per heavy atom. The maximum Gasteiger partial charge on any atom is 0.123 e. The van der Waals surface area contributed by atoms with E-state index in [0.717, 1.165) is 37.4 Å². The number of ether oxygens (including phenoxy) is 1. The van der Waals surface area contributed by atoms with Gasteiger partial charge in [-0.3, -0.25) is 0 Å². The molecule has 0 amide bonds. The van der Waals surface area contributed by atoms with Crippen LogP contribution in [0.3, 0.4) is 0 Å². The fraction of sp³-hybridized carbons (Fsp3) is 0.438. The molecule has 0 saturated heterocycles. The average Bonchev–Trinajstić information content (AvgIpc) is 3.02. The van der Waals surface area contributed by atoms with Gasteiger partial charge in [-0.05, 0) is 25.6 Å². The van der Waals surface area contributed by atoms with Crippen LogP contribution >= 0.6 is 0 Å². The van der Waals surface area contributed by atoms with Crippen molar-refractivity contribution in [3.63, 3.8) is 0 Å². The molecule has 2 aromatic rings. The topological polar surface area (TPSA) is 39.1 Å². The van der Waals surface area contributed by atoms with Gasteiger partial charge in [-0.25, -0.2) is 4.98 Å². The van der Waals surface area contributed by atoms with Crippen molar-refractivity contribution in [2.45, 2.75) is 32.4 Å². The lowest BCUT2D eigenvalue weighted by atomic mass is 10.1. The van der Waals surface area contributed by atoms with E-state index in [0.29, 0.717) is 0 Å². The number of hydrogen-bond donors (Lipinski definition) is 1. The van der Waals surface area contributed by atoms with Crippen molar-refractivity contribution in [2.75, 3.05) is 13.6 Å². The molecule has 1 atom stereocenters. The molecule has 3 rings (SSSR count). The average molecular weight is 271 g/mol. The van der Waals surface area contributed by atoms with E-state index in [-0.39, 0.29) is 6.10 Å². The first kappa shape index (κ1) is 13.2. The van der Waals surface area contributed by atoms with Crippen LogP contribution in [0.1, 0.15) is 16.8 Å². The molecule has 0 radical (unpaired) electrons. The molecule has 0 bridgehead atoms. The molecule has 20 heavy (non-hydrogen) atoms. The molecule has 1 unspecified atom stereocenters. The Hall–Kier alpha value is -1.81. The van der Waals surface area contributed by atoms with Crippen molar-refractivity contribution in [1.82, 2.24) is 14.9 Å². The van der Waals surface area contributed by atoms with Crippen LogP contribution in [-0.2, 0) is 19.4 Å². The standard InChI is InChI=1S/C16H21N3O/c1-12-3-4-16-13(7-12)8-15(20-16)10-19-9-14(18-11-19)5-6-17-2/h3-4,7,9,11,15,17H,5-6,8,10H2,1-2H3. The van der Waals surface area contributed by atoms with E-state index >= 15 is 0 Å². The third-order valence-electron chi connectivity index (χ3n) is 3.69.